The van der Waals surface area contributed by atoms with Crippen molar-refractivity contribution in [1.82, 2.24) is 0 Å². The molecule has 0 atom stereocenters. The Labute approximate surface area is 70.3 Å². The predicted octanol–water partition coefficient (Wildman–Crippen LogP) is 1.78. The molecule has 0 radical (unpaired) electrons. The van der Waals surface area contributed by atoms with Crippen molar-refractivity contribution in [2.45, 2.75) is 0 Å². The van der Waals surface area contributed by atoms with E-state index in [0.29, 0.717) is 0 Å². The second-order valence-electron chi connectivity index (χ2n) is 0. The van der Waals surface area contributed by atoms with E-state index in [2.05, 4.69) is 13.6 Å². The van der Waals surface area contributed by atoms with Crippen molar-refractivity contribution in [3.8, 4) is 0 Å². The summed E-state index contributed by atoms with van der Waals surface area (Å²) < 4.78 is 0. The van der Waals surface area contributed by atoms with E-state index in [4.69, 9.17) is 9.59 Å². The Kier molecular flexibility index (Phi) is 475000. The minimum atomic E-state index is 0. The molecule has 0 spiro atoms. The van der Waals surface area contributed by atoms with Crippen LogP contribution in [-0.4, -0.2) is 13.6 Å². The standard InChI is InChI=1S/2CHO.2CH3.2H2N.Ru/c2*1-2;;;;;/h2*1H;2*1H3;2*1H2;/q6*-1;+6. The van der Waals surface area contributed by atoms with Crippen molar-refractivity contribution in [2.24, 2.45) is 0 Å². The summed E-state index contributed by atoms with van der Waals surface area (Å²) in [5.74, 6) is 0. The third-order valence-electron chi connectivity index (χ3n) is 0. The Morgan fingerprint density at radius 3 is 0.667 bits per heavy atom. The predicted molar refractivity (Wildman–Crippen MR) is 36.9 cm³/mol. The van der Waals surface area contributed by atoms with Gasteiger partial charge in [0.25, 0.3) is 0 Å². The molecule has 0 heterocycles. The Bertz CT molecular complexity index is 18.5. The first kappa shape index (κ1) is 156. The number of hydrogen-bond donors (Lipinski definition) is 0. The fourth-order valence-corrected chi connectivity index (χ4v) is 0. The maximum Gasteiger partial charge on any atom is 6.00 e. The monoisotopic (exact) mass is 222 g/mol. The summed E-state index contributed by atoms with van der Waals surface area (Å²) in [6, 6.07) is 0. The summed E-state index contributed by atoms with van der Waals surface area (Å²) in [7, 11) is 0. The topological polar surface area (TPSA) is 101 Å². The van der Waals surface area contributed by atoms with Gasteiger partial charge in [0.1, 0.15) is 0 Å². The molecule has 0 unspecified atom stereocenters. The minimum absolute atomic E-state index is 0. The second kappa shape index (κ2) is 27500. The second-order valence-corrected chi connectivity index (χ2v) is 0. The molecule has 0 saturated carbocycles. The van der Waals surface area contributed by atoms with Gasteiger partial charge in [0, 0.05) is 0 Å². The zero-order valence-electron chi connectivity index (χ0n) is 5.48. The van der Waals surface area contributed by atoms with Gasteiger partial charge in [0.05, 0.1) is 0 Å². The molecular weight excluding hydrogens is 209 g/mol. The van der Waals surface area contributed by atoms with Crippen LogP contribution in [0.2, 0.25) is 0 Å². The minimum Gasteiger partial charge on any atom is -0.693 e. The molecule has 0 amide bonds. The van der Waals surface area contributed by atoms with Gasteiger partial charge in [-0.3, -0.25) is 13.6 Å². The molecule has 4 N–H and O–H groups in total. The third-order valence-corrected chi connectivity index (χ3v) is 0. The van der Waals surface area contributed by atoms with E-state index in [9.17, 15) is 0 Å². The van der Waals surface area contributed by atoms with E-state index in [1.165, 1.54) is 0 Å². The number of hydrogen-bond acceptors (Lipinski definition) is 2. The first-order valence-electron chi connectivity index (χ1n) is 0.471. The van der Waals surface area contributed by atoms with Gasteiger partial charge in [-0.2, -0.15) is 0 Å². The third kappa shape index (κ3) is 20100. The first-order valence-corrected chi connectivity index (χ1v) is 0.471. The molecule has 9 heavy (non-hydrogen) atoms. The molecule has 58 valence electrons. The van der Waals surface area contributed by atoms with Crippen LogP contribution in [0.25, 0.3) is 12.3 Å². The molecule has 0 aromatic heterocycles. The fraction of sp³-hybridized carbons (Fsp3) is 0. The van der Waals surface area contributed by atoms with Crippen molar-refractivity contribution in [3.05, 3.63) is 27.2 Å². The van der Waals surface area contributed by atoms with Crippen molar-refractivity contribution in [2.75, 3.05) is 0 Å². The van der Waals surface area contributed by atoms with Crippen molar-refractivity contribution >= 4 is 13.6 Å². The zero-order valence-corrected chi connectivity index (χ0v) is 7.22. The largest absolute Gasteiger partial charge is 6.00 e. The Hall–Kier alpha value is -0.117. The zero-order chi connectivity index (χ0) is 4.00. The summed E-state index contributed by atoms with van der Waals surface area (Å²) in [5.41, 5.74) is 0. The van der Waals surface area contributed by atoms with Crippen molar-refractivity contribution in [1.29, 1.82) is 0 Å². The van der Waals surface area contributed by atoms with Crippen LogP contribution >= 0.6 is 0 Å². The molecular formula is C4H12N2O2Ru. The summed E-state index contributed by atoms with van der Waals surface area (Å²) in [6.45, 7) is 6.50. The molecule has 0 aromatic carbocycles. The van der Waals surface area contributed by atoms with E-state index in [-0.39, 0.29) is 46.6 Å². The van der Waals surface area contributed by atoms with Crippen LogP contribution in [0, 0.1) is 14.9 Å². The normalized spacial score (nSPS) is 0.889. The van der Waals surface area contributed by atoms with E-state index < -0.39 is 0 Å². The van der Waals surface area contributed by atoms with Crippen LogP contribution < -0.4 is 0 Å². The smallest absolute Gasteiger partial charge is 0.693 e. The van der Waals surface area contributed by atoms with Gasteiger partial charge < -0.3 is 36.7 Å². The van der Waals surface area contributed by atoms with Crippen LogP contribution in [-0.2, 0) is 29.1 Å². The maximum atomic E-state index is 7.75. The van der Waals surface area contributed by atoms with Crippen LogP contribution in [0.3, 0.4) is 0 Å². The summed E-state index contributed by atoms with van der Waals surface area (Å²) in [6.07, 6.45) is 0. The van der Waals surface area contributed by atoms with E-state index in [0.717, 1.165) is 0 Å². The van der Waals surface area contributed by atoms with Gasteiger partial charge in [-0.1, -0.05) is 0 Å². The molecule has 0 saturated heterocycles. The van der Waals surface area contributed by atoms with Gasteiger partial charge in [-0.15, -0.1) is 0 Å². The molecule has 0 aliphatic heterocycles. The summed E-state index contributed by atoms with van der Waals surface area (Å²) >= 11 is 0. The van der Waals surface area contributed by atoms with Crippen LogP contribution in [0.4, 0.5) is 0 Å². The Morgan fingerprint density at radius 1 is 0.667 bits per heavy atom. The molecule has 0 aromatic rings. The summed E-state index contributed by atoms with van der Waals surface area (Å²) in [5, 5.41) is 0. The molecule has 5 heteroatoms. The van der Waals surface area contributed by atoms with Crippen LogP contribution in [0.15, 0.2) is 0 Å². The number of carbonyl (C=O) groups excluding carboxylic acids is 2. The molecule has 0 rings (SSSR count). The average molecular weight is 221 g/mol. The molecule has 0 aliphatic rings. The molecule has 4 nitrogen and oxygen atoms in total. The Morgan fingerprint density at radius 2 is 0.667 bits per heavy atom. The van der Waals surface area contributed by atoms with E-state index in [1.54, 1.807) is 0 Å². The summed E-state index contributed by atoms with van der Waals surface area (Å²) in [4.78, 5) is 15.5. The maximum absolute atomic E-state index is 7.75. The van der Waals surface area contributed by atoms with Gasteiger partial charge in [-0.05, 0) is 0 Å². The van der Waals surface area contributed by atoms with E-state index >= 15 is 0 Å². The quantitative estimate of drug-likeness (QED) is 0.353. The number of rotatable bonds is 0. The van der Waals surface area contributed by atoms with Gasteiger partial charge >= 0.3 is 19.5 Å². The SMILES string of the molecule is [CH-]=O.[CH-]=O.[CH3-].[CH3-].[NH2-].[NH2-].[Ru+6]. The molecule has 0 fully saturated rings. The van der Waals surface area contributed by atoms with Gasteiger partial charge in [0.2, 0.25) is 0 Å². The van der Waals surface area contributed by atoms with Crippen molar-refractivity contribution < 1.29 is 29.1 Å². The number of nitrogens with two attached hydrogens (primary N) is 2. The fourth-order valence-electron chi connectivity index (χ4n) is 0. The average Bonchev–Trinajstić information content (AvgIpc) is 1.50. The molecule has 0 bridgehead atoms. The van der Waals surface area contributed by atoms with E-state index in [1.807, 2.05) is 0 Å². The van der Waals surface area contributed by atoms with Crippen molar-refractivity contribution in [3.63, 3.8) is 0 Å². The van der Waals surface area contributed by atoms with Gasteiger partial charge in [-0.25, -0.2) is 0 Å². The van der Waals surface area contributed by atoms with Gasteiger partial charge in [0.15, 0.2) is 0 Å². The first-order chi connectivity index (χ1) is 2.00. The Balaban J connectivity index is -0.00000000114. The molecule has 0 aliphatic carbocycles. The van der Waals surface area contributed by atoms with Crippen LogP contribution in [0.5, 0.6) is 0 Å². The van der Waals surface area contributed by atoms with Crippen LogP contribution in [0.1, 0.15) is 0 Å².